The third kappa shape index (κ3) is 3.43. The van der Waals surface area contributed by atoms with E-state index in [1.165, 1.54) is 13.3 Å². The van der Waals surface area contributed by atoms with Gasteiger partial charge in [0.2, 0.25) is 0 Å². The average molecular weight is 335 g/mol. The molecule has 0 spiro atoms. The van der Waals surface area contributed by atoms with Crippen molar-refractivity contribution in [3.8, 4) is 0 Å². The summed E-state index contributed by atoms with van der Waals surface area (Å²) >= 11 is -1.15. The Bertz CT molecular complexity index is 527. The van der Waals surface area contributed by atoms with Crippen molar-refractivity contribution < 1.29 is 31.5 Å². The van der Waals surface area contributed by atoms with Crippen molar-refractivity contribution in [1.82, 2.24) is 0 Å². The molecular weight excluding hydrogens is 320 g/mol. The summed E-state index contributed by atoms with van der Waals surface area (Å²) in [4.78, 5) is 0. The van der Waals surface area contributed by atoms with Crippen LogP contribution in [0.1, 0.15) is 0 Å². The van der Waals surface area contributed by atoms with Crippen LogP contribution < -0.4 is 13.3 Å². The molecule has 0 heterocycles. The molecule has 3 rings (SSSR count). The van der Waals surface area contributed by atoms with Crippen molar-refractivity contribution in [3.63, 3.8) is 0 Å². The van der Waals surface area contributed by atoms with Gasteiger partial charge >= 0.3 is 118 Å². The van der Waals surface area contributed by atoms with Gasteiger partial charge in [0.25, 0.3) is 0 Å². The van der Waals surface area contributed by atoms with Crippen LogP contribution in [-0.4, -0.2) is 0 Å². The zero-order chi connectivity index (χ0) is 12.9. The van der Waals surface area contributed by atoms with Crippen molar-refractivity contribution >= 4 is 13.3 Å². The van der Waals surface area contributed by atoms with Crippen LogP contribution >= 0.6 is 0 Å². The average Bonchev–Trinajstić information content (AvgIpc) is 2.51. The predicted octanol–water partition coefficient (Wildman–Crippen LogP) is 2.58. The second-order valence-electron chi connectivity index (χ2n) is 4.25. The topological polar surface area (TPSA) is 0 Å². The first-order chi connectivity index (χ1) is 9.45. The van der Waals surface area contributed by atoms with E-state index >= 15 is 0 Å². The summed E-state index contributed by atoms with van der Waals surface area (Å²) in [6, 6.07) is 32.6. The summed E-state index contributed by atoms with van der Waals surface area (Å²) in [5.74, 6) is 0. The molecule has 0 N–H and O–H groups in total. The molecule has 0 aliphatic carbocycles. The van der Waals surface area contributed by atoms with Gasteiger partial charge in [0.1, 0.15) is 0 Å². The van der Waals surface area contributed by atoms with Gasteiger partial charge in [0, 0.05) is 17.4 Å². The van der Waals surface area contributed by atoms with Crippen molar-refractivity contribution in [3.05, 3.63) is 91.0 Å². The van der Waals surface area contributed by atoms with Gasteiger partial charge in [-0.05, 0) is 0 Å². The van der Waals surface area contributed by atoms with Gasteiger partial charge in [-0.2, -0.15) is 0 Å². The zero-order valence-corrected chi connectivity index (χ0v) is 13.5. The van der Waals surface area contributed by atoms with Crippen molar-refractivity contribution in [2.75, 3.05) is 0 Å². The van der Waals surface area contributed by atoms with E-state index in [9.17, 15) is 0 Å². The molecule has 0 bridgehead atoms. The van der Waals surface area contributed by atoms with Gasteiger partial charge in [-0.3, -0.25) is 0 Å². The quantitative estimate of drug-likeness (QED) is 0.690. The molecule has 20 heavy (non-hydrogen) atoms. The summed E-state index contributed by atoms with van der Waals surface area (Å²) in [7, 11) is 0. The van der Waals surface area contributed by atoms with Crippen LogP contribution in [0.4, 0.5) is 0 Å². The summed E-state index contributed by atoms with van der Waals surface area (Å²) in [6.07, 6.45) is 0. The van der Waals surface area contributed by atoms with E-state index in [1.54, 1.807) is 0 Å². The molecular formula is C18H15Cr2. The normalized spacial score (nSPS) is 10.1. The van der Waals surface area contributed by atoms with Crippen LogP contribution in [0.3, 0.4) is 0 Å². The first kappa shape index (κ1) is 15.1. The van der Waals surface area contributed by atoms with E-state index in [0.29, 0.717) is 0 Å². The molecule has 0 aromatic heterocycles. The molecule has 0 unspecified atom stereocenters. The van der Waals surface area contributed by atoms with Crippen LogP contribution in [0.2, 0.25) is 0 Å². The molecule has 0 amide bonds. The Morgan fingerprint density at radius 1 is 0.400 bits per heavy atom. The number of hydrogen-bond acceptors (Lipinski definition) is 0. The predicted molar refractivity (Wildman–Crippen MR) is 78.2 cm³/mol. The zero-order valence-electron chi connectivity index (χ0n) is 11.0. The Morgan fingerprint density at radius 2 is 0.650 bits per heavy atom. The van der Waals surface area contributed by atoms with E-state index in [2.05, 4.69) is 91.0 Å². The molecule has 0 nitrogen and oxygen atoms in total. The van der Waals surface area contributed by atoms with Gasteiger partial charge < -0.3 is 0 Å². The second-order valence-corrected chi connectivity index (χ2v) is 7.41. The van der Waals surface area contributed by atoms with Crippen LogP contribution in [0, 0.1) is 0 Å². The molecule has 3 aromatic rings. The minimum absolute atomic E-state index is 0. The third-order valence-corrected chi connectivity index (χ3v) is 6.42. The van der Waals surface area contributed by atoms with Crippen molar-refractivity contribution in [2.24, 2.45) is 0 Å². The Kier molecular flexibility index (Phi) is 5.66. The van der Waals surface area contributed by atoms with Crippen molar-refractivity contribution in [2.45, 2.75) is 0 Å². The molecule has 3 aromatic carbocycles. The third-order valence-electron chi connectivity index (χ3n) is 2.94. The maximum atomic E-state index is 2.25. The molecule has 0 saturated carbocycles. The molecule has 0 aliphatic heterocycles. The second kappa shape index (κ2) is 7.49. The summed E-state index contributed by atoms with van der Waals surface area (Å²) in [6.45, 7) is 0. The molecule has 0 aliphatic rings. The van der Waals surface area contributed by atoms with E-state index < -0.39 is 14.1 Å². The van der Waals surface area contributed by atoms with Gasteiger partial charge in [-0.1, -0.05) is 0 Å². The molecule has 99 valence electrons. The molecule has 2 heteroatoms. The van der Waals surface area contributed by atoms with Gasteiger partial charge in [0.05, 0.1) is 0 Å². The van der Waals surface area contributed by atoms with Crippen LogP contribution in [-0.2, 0) is 31.5 Å². The Morgan fingerprint density at radius 3 is 0.900 bits per heavy atom. The van der Waals surface area contributed by atoms with E-state index in [1.807, 2.05) is 0 Å². The maximum absolute atomic E-state index is 2.25. The molecule has 0 fully saturated rings. The SMILES string of the molecule is [Cr].c1cc[c]([Cr]([c]2ccccc2)[c]2ccccc2)cc1. The first-order valence-electron chi connectivity index (χ1n) is 6.34. The fourth-order valence-electron chi connectivity index (χ4n) is 2.08. The monoisotopic (exact) mass is 335 g/mol. The fourth-order valence-corrected chi connectivity index (χ4v) is 5.36. The van der Waals surface area contributed by atoms with Crippen molar-refractivity contribution in [1.29, 1.82) is 0 Å². The van der Waals surface area contributed by atoms with E-state index in [-0.39, 0.29) is 17.4 Å². The first-order valence-corrected chi connectivity index (χ1v) is 8.26. The van der Waals surface area contributed by atoms with Crippen LogP contribution in [0.15, 0.2) is 91.0 Å². The summed E-state index contributed by atoms with van der Waals surface area (Å²) in [5.41, 5.74) is 0. The molecule has 0 atom stereocenters. The number of rotatable bonds is 3. The number of hydrogen-bond donors (Lipinski definition) is 0. The Labute approximate surface area is 135 Å². The van der Waals surface area contributed by atoms with E-state index in [4.69, 9.17) is 0 Å². The van der Waals surface area contributed by atoms with Gasteiger partial charge in [-0.15, -0.1) is 0 Å². The summed E-state index contributed by atoms with van der Waals surface area (Å²) < 4.78 is 4.37. The number of benzene rings is 3. The molecule has 0 saturated heterocycles. The Balaban J connectivity index is 0.00000147. The van der Waals surface area contributed by atoms with Gasteiger partial charge in [-0.25, -0.2) is 0 Å². The summed E-state index contributed by atoms with van der Waals surface area (Å²) in [5, 5.41) is 0. The Hall–Kier alpha value is -1.28. The minimum atomic E-state index is -1.15. The molecule has 0 radical (unpaired) electrons. The fraction of sp³-hybridized carbons (Fsp3) is 0. The van der Waals surface area contributed by atoms with E-state index in [0.717, 1.165) is 0 Å². The van der Waals surface area contributed by atoms with Crippen LogP contribution in [0.25, 0.3) is 0 Å². The van der Waals surface area contributed by atoms with Gasteiger partial charge in [0.15, 0.2) is 0 Å². The standard InChI is InChI=1S/3C6H5.2Cr/c3*1-2-4-6-5-3-1;;/h3*1-5H;;. The van der Waals surface area contributed by atoms with Crippen LogP contribution in [0.5, 0.6) is 0 Å².